The van der Waals surface area contributed by atoms with Gasteiger partial charge in [0.05, 0.1) is 7.11 Å². The Bertz CT molecular complexity index is 703. The van der Waals surface area contributed by atoms with Crippen LogP contribution in [0.25, 0.3) is 0 Å². The molecule has 0 saturated carbocycles. The molecule has 0 fully saturated rings. The summed E-state index contributed by atoms with van der Waals surface area (Å²) < 4.78 is 11.1. The van der Waals surface area contributed by atoms with Crippen molar-refractivity contribution in [3.8, 4) is 11.5 Å². The van der Waals surface area contributed by atoms with Crippen LogP contribution >= 0.6 is 11.6 Å². The minimum Gasteiger partial charge on any atom is -0.496 e. The Balaban J connectivity index is 2.15. The molecule has 0 bridgehead atoms. The SMILES string of the molecule is CC[C@@H](C)NC(=O)c1ccc(OC)c(COc2cccc(Cl)c2)c1. The molecule has 2 aromatic carbocycles. The Morgan fingerprint density at radius 1 is 1.25 bits per heavy atom. The molecule has 0 heterocycles. The summed E-state index contributed by atoms with van der Waals surface area (Å²) in [5.41, 5.74) is 1.38. The second-order valence-corrected chi connectivity index (χ2v) is 5.99. The van der Waals surface area contributed by atoms with E-state index in [1.54, 1.807) is 37.4 Å². The Morgan fingerprint density at radius 2 is 2.04 bits per heavy atom. The highest BCUT2D eigenvalue weighted by Crippen LogP contribution is 2.23. The number of carbonyl (C=O) groups excluding carboxylic acids is 1. The van der Waals surface area contributed by atoms with Crippen LogP contribution in [0.3, 0.4) is 0 Å². The molecule has 4 nitrogen and oxygen atoms in total. The molecule has 0 saturated heterocycles. The molecule has 1 N–H and O–H groups in total. The molecule has 0 aliphatic heterocycles. The van der Waals surface area contributed by atoms with Crippen LogP contribution in [0.4, 0.5) is 0 Å². The summed E-state index contributed by atoms with van der Waals surface area (Å²) in [7, 11) is 1.59. The normalized spacial score (nSPS) is 11.7. The molecule has 2 aromatic rings. The zero-order valence-electron chi connectivity index (χ0n) is 14.1. The van der Waals surface area contributed by atoms with Crippen molar-refractivity contribution in [3.63, 3.8) is 0 Å². The number of hydrogen-bond acceptors (Lipinski definition) is 3. The van der Waals surface area contributed by atoms with Gasteiger partial charge in [-0.1, -0.05) is 24.6 Å². The van der Waals surface area contributed by atoms with Crippen LogP contribution in [0.2, 0.25) is 5.02 Å². The third-order valence-corrected chi connectivity index (χ3v) is 3.96. The number of rotatable bonds is 7. The van der Waals surface area contributed by atoms with Crippen LogP contribution in [-0.2, 0) is 6.61 Å². The molecule has 0 unspecified atom stereocenters. The second kappa shape index (κ2) is 8.60. The summed E-state index contributed by atoms with van der Waals surface area (Å²) in [6.07, 6.45) is 0.882. The highest BCUT2D eigenvalue weighted by atomic mass is 35.5. The van der Waals surface area contributed by atoms with Gasteiger partial charge in [-0.25, -0.2) is 0 Å². The van der Waals surface area contributed by atoms with E-state index in [-0.39, 0.29) is 18.6 Å². The monoisotopic (exact) mass is 347 g/mol. The average molecular weight is 348 g/mol. The minimum absolute atomic E-state index is 0.101. The fourth-order valence-corrected chi connectivity index (χ4v) is 2.34. The number of carbonyl (C=O) groups is 1. The van der Waals surface area contributed by atoms with Gasteiger partial charge in [0.2, 0.25) is 0 Å². The van der Waals surface area contributed by atoms with Crippen molar-refractivity contribution in [2.45, 2.75) is 32.9 Å². The highest BCUT2D eigenvalue weighted by Gasteiger charge is 2.12. The van der Waals surface area contributed by atoms with Crippen molar-refractivity contribution >= 4 is 17.5 Å². The van der Waals surface area contributed by atoms with E-state index in [1.807, 2.05) is 26.0 Å². The van der Waals surface area contributed by atoms with E-state index in [0.717, 1.165) is 12.0 Å². The standard InChI is InChI=1S/C19H22ClNO3/c1-4-13(2)21-19(22)14-8-9-18(23-3)15(10-14)12-24-17-7-5-6-16(20)11-17/h5-11,13H,4,12H2,1-3H3,(H,21,22)/t13-/m1/s1. The Kier molecular flexibility index (Phi) is 6.50. The topological polar surface area (TPSA) is 47.6 Å². The van der Waals surface area contributed by atoms with Crippen LogP contribution in [-0.4, -0.2) is 19.1 Å². The van der Waals surface area contributed by atoms with Crippen molar-refractivity contribution in [1.29, 1.82) is 0 Å². The maximum absolute atomic E-state index is 12.3. The fraction of sp³-hybridized carbons (Fsp3) is 0.316. The molecule has 128 valence electrons. The zero-order chi connectivity index (χ0) is 17.5. The number of methoxy groups -OCH3 is 1. The van der Waals surface area contributed by atoms with Crippen LogP contribution in [0.1, 0.15) is 36.2 Å². The van der Waals surface area contributed by atoms with Gasteiger partial charge in [-0.2, -0.15) is 0 Å². The lowest BCUT2D eigenvalue weighted by atomic mass is 10.1. The van der Waals surface area contributed by atoms with Gasteiger partial charge in [0.15, 0.2) is 0 Å². The lowest BCUT2D eigenvalue weighted by Gasteiger charge is -2.14. The van der Waals surface area contributed by atoms with Gasteiger partial charge in [0.1, 0.15) is 18.1 Å². The molecular formula is C19H22ClNO3. The third-order valence-electron chi connectivity index (χ3n) is 3.72. The molecule has 0 spiro atoms. The number of ether oxygens (including phenoxy) is 2. The first-order chi connectivity index (χ1) is 11.5. The van der Waals surface area contributed by atoms with E-state index in [1.165, 1.54) is 0 Å². The molecular weight excluding hydrogens is 326 g/mol. The fourth-order valence-electron chi connectivity index (χ4n) is 2.16. The predicted octanol–water partition coefficient (Wildman–Crippen LogP) is 4.46. The minimum atomic E-state index is -0.101. The Labute approximate surface area is 147 Å². The van der Waals surface area contributed by atoms with Gasteiger partial charge < -0.3 is 14.8 Å². The quantitative estimate of drug-likeness (QED) is 0.804. The molecule has 2 rings (SSSR count). The smallest absolute Gasteiger partial charge is 0.251 e. The average Bonchev–Trinajstić information content (AvgIpc) is 2.59. The number of benzene rings is 2. The molecule has 0 aliphatic rings. The van der Waals surface area contributed by atoms with Crippen LogP contribution in [0.5, 0.6) is 11.5 Å². The predicted molar refractivity (Wildman–Crippen MR) is 96.0 cm³/mol. The van der Waals surface area contributed by atoms with Crippen molar-refractivity contribution in [2.24, 2.45) is 0 Å². The van der Waals surface area contributed by atoms with Crippen LogP contribution < -0.4 is 14.8 Å². The van der Waals surface area contributed by atoms with Gasteiger partial charge in [-0.3, -0.25) is 4.79 Å². The zero-order valence-corrected chi connectivity index (χ0v) is 14.9. The van der Waals surface area contributed by atoms with Gasteiger partial charge in [-0.05, 0) is 49.7 Å². The Hall–Kier alpha value is -2.20. The number of nitrogens with one attached hydrogen (secondary N) is 1. The lowest BCUT2D eigenvalue weighted by molar-refractivity contribution is 0.0939. The second-order valence-electron chi connectivity index (χ2n) is 5.56. The molecule has 0 radical (unpaired) electrons. The van der Waals surface area contributed by atoms with Gasteiger partial charge in [0, 0.05) is 22.2 Å². The molecule has 24 heavy (non-hydrogen) atoms. The number of hydrogen-bond donors (Lipinski definition) is 1. The lowest BCUT2D eigenvalue weighted by Crippen LogP contribution is -2.31. The molecule has 1 amide bonds. The molecule has 1 atom stereocenters. The first-order valence-electron chi connectivity index (χ1n) is 7.89. The van der Waals surface area contributed by atoms with E-state index < -0.39 is 0 Å². The first kappa shape index (κ1) is 18.1. The van der Waals surface area contributed by atoms with Crippen molar-refractivity contribution in [3.05, 3.63) is 58.6 Å². The summed E-state index contributed by atoms with van der Waals surface area (Å²) in [5, 5.41) is 3.57. The summed E-state index contributed by atoms with van der Waals surface area (Å²) >= 11 is 5.96. The van der Waals surface area contributed by atoms with E-state index >= 15 is 0 Å². The summed E-state index contributed by atoms with van der Waals surface area (Å²) in [6, 6.07) is 12.6. The van der Waals surface area contributed by atoms with Crippen LogP contribution in [0.15, 0.2) is 42.5 Å². The largest absolute Gasteiger partial charge is 0.496 e. The highest BCUT2D eigenvalue weighted by molar-refractivity contribution is 6.30. The van der Waals surface area contributed by atoms with E-state index in [9.17, 15) is 4.79 Å². The Morgan fingerprint density at radius 3 is 2.71 bits per heavy atom. The molecule has 0 aromatic heterocycles. The van der Waals surface area contributed by atoms with E-state index in [4.69, 9.17) is 21.1 Å². The van der Waals surface area contributed by atoms with Gasteiger partial charge in [0.25, 0.3) is 5.91 Å². The van der Waals surface area contributed by atoms with Crippen LogP contribution in [0, 0.1) is 0 Å². The summed E-state index contributed by atoms with van der Waals surface area (Å²) in [6.45, 7) is 4.29. The van der Waals surface area contributed by atoms with Crippen molar-refractivity contribution in [1.82, 2.24) is 5.32 Å². The third kappa shape index (κ3) is 4.90. The van der Waals surface area contributed by atoms with Crippen molar-refractivity contribution < 1.29 is 14.3 Å². The van der Waals surface area contributed by atoms with Gasteiger partial charge in [-0.15, -0.1) is 0 Å². The van der Waals surface area contributed by atoms with Gasteiger partial charge >= 0.3 is 0 Å². The summed E-state index contributed by atoms with van der Waals surface area (Å²) in [5.74, 6) is 1.24. The van der Waals surface area contributed by atoms with E-state index in [2.05, 4.69) is 5.32 Å². The van der Waals surface area contributed by atoms with Crippen molar-refractivity contribution in [2.75, 3.05) is 7.11 Å². The molecule has 5 heteroatoms. The van der Waals surface area contributed by atoms with E-state index in [0.29, 0.717) is 22.1 Å². The maximum Gasteiger partial charge on any atom is 0.251 e. The number of halogens is 1. The number of amides is 1. The summed E-state index contributed by atoms with van der Waals surface area (Å²) in [4.78, 5) is 12.3. The first-order valence-corrected chi connectivity index (χ1v) is 8.27. The molecule has 0 aliphatic carbocycles. The maximum atomic E-state index is 12.3.